The van der Waals surface area contributed by atoms with E-state index in [0.29, 0.717) is 19.4 Å². The van der Waals surface area contributed by atoms with Gasteiger partial charge in [-0.05, 0) is 19.3 Å². The topological polar surface area (TPSA) is 20.3 Å². The average molecular weight is 191 g/mol. The molecule has 1 fully saturated rings. The second kappa shape index (κ2) is 4.53. The van der Waals surface area contributed by atoms with Crippen molar-refractivity contribution in [3.63, 3.8) is 0 Å². The molecule has 1 saturated heterocycles. The molecule has 1 atom stereocenters. The summed E-state index contributed by atoms with van der Waals surface area (Å²) in [6, 6.07) is -0.832. The van der Waals surface area contributed by atoms with Crippen LogP contribution in [0.5, 0.6) is 0 Å². The van der Waals surface area contributed by atoms with Crippen LogP contribution < -0.4 is 0 Å². The third-order valence-corrected chi connectivity index (χ3v) is 2.46. The molecule has 2 nitrogen and oxygen atoms in total. The number of carbonyl (C=O) groups excluding carboxylic acids is 1. The van der Waals surface area contributed by atoms with E-state index in [1.165, 1.54) is 4.90 Å². The Labute approximate surface area is 76.9 Å². The molecule has 0 aromatic rings. The van der Waals surface area contributed by atoms with Crippen molar-refractivity contribution in [1.29, 1.82) is 0 Å². The van der Waals surface area contributed by atoms with Crippen LogP contribution in [0.3, 0.4) is 0 Å². The summed E-state index contributed by atoms with van der Waals surface area (Å²) in [4.78, 5) is 12.6. The molecule has 0 saturated carbocycles. The molecular formula is C9H15F2NO. The first-order valence-corrected chi connectivity index (χ1v) is 4.74. The molecule has 1 amide bonds. The fourth-order valence-electron chi connectivity index (χ4n) is 1.73. The number of nitrogens with zero attached hydrogens (tertiary/aromatic N) is 1. The van der Waals surface area contributed by atoms with Gasteiger partial charge in [-0.3, -0.25) is 4.79 Å². The van der Waals surface area contributed by atoms with Gasteiger partial charge in [-0.1, -0.05) is 6.92 Å². The van der Waals surface area contributed by atoms with Crippen LogP contribution in [0, 0.1) is 0 Å². The predicted octanol–water partition coefficient (Wildman–Crippen LogP) is 2.04. The molecule has 0 radical (unpaired) electrons. The summed E-state index contributed by atoms with van der Waals surface area (Å²) in [6.45, 7) is 2.21. The van der Waals surface area contributed by atoms with Gasteiger partial charge in [0.2, 0.25) is 5.91 Å². The first-order valence-electron chi connectivity index (χ1n) is 4.74. The van der Waals surface area contributed by atoms with Crippen molar-refractivity contribution >= 4 is 5.91 Å². The summed E-state index contributed by atoms with van der Waals surface area (Å²) < 4.78 is 24.9. The number of likely N-dealkylation sites (tertiary alicyclic amines) is 1. The highest BCUT2D eigenvalue weighted by molar-refractivity contribution is 5.76. The second-order valence-electron chi connectivity index (χ2n) is 3.34. The van der Waals surface area contributed by atoms with Crippen LogP contribution in [0.2, 0.25) is 0 Å². The summed E-state index contributed by atoms with van der Waals surface area (Å²) in [7, 11) is 0. The number of hydrogen-bond acceptors (Lipinski definition) is 1. The summed E-state index contributed by atoms with van der Waals surface area (Å²) in [5.41, 5.74) is 0. The van der Waals surface area contributed by atoms with Crippen molar-refractivity contribution in [2.45, 2.75) is 45.1 Å². The minimum absolute atomic E-state index is 0.148. The van der Waals surface area contributed by atoms with E-state index >= 15 is 0 Å². The molecule has 4 heteroatoms. The van der Waals surface area contributed by atoms with Gasteiger partial charge in [0.1, 0.15) is 0 Å². The Morgan fingerprint density at radius 2 is 2.23 bits per heavy atom. The normalized spacial score (nSPS) is 23.7. The lowest BCUT2D eigenvalue weighted by atomic mass is 10.0. The maximum atomic E-state index is 12.5. The Hall–Kier alpha value is -0.670. The number of amides is 1. The lowest BCUT2D eigenvalue weighted by Crippen LogP contribution is -2.47. The number of alkyl halides is 2. The molecule has 76 valence electrons. The van der Waals surface area contributed by atoms with Crippen molar-refractivity contribution in [3.05, 3.63) is 0 Å². The summed E-state index contributed by atoms with van der Waals surface area (Å²) in [5, 5.41) is 0. The van der Waals surface area contributed by atoms with Crippen LogP contribution in [-0.2, 0) is 4.79 Å². The number of hydrogen-bond donors (Lipinski definition) is 0. The van der Waals surface area contributed by atoms with E-state index in [4.69, 9.17) is 0 Å². The molecule has 0 bridgehead atoms. The maximum absolute atomic E-state index is 12.5. The Balaban J connectivity index is 2.61. The van der Waals surface area contributed by atoms with Crippen molar-refractivity contribution in [2.24, 2.45) is 0 Å². The first-order chi connectivity index (χ1) is 6.16. The van der Waals surface area contributed by atoms with Crippen LogP contribution in [0.25, 0.3) is 0 Å². The van der Waals surface area contributed by atoms with Gasteiger partial charge in [-0.15, -0.1) is 0 Å². The van der Waals surface area contributed by atoms with Crippen molar-refractivity contribution in [3.8, 4) is 0 Å². The SMILES string of the molecule is CCC(=O)N1CCCCC1C(F)F. The number of carbonyl (C=O) groups is 1. The van der Waals surface area contributed by atoms with E-state index in [1.807, 2.05) is 0 Å². The Morgan fingerprint density at radius 1 is 1.54 bits per heavy atom. The zero-order chi connectivity index (χ0) is 9.84. The fourth-order valence-corrected chi connectivity index (χ4v) is 1.73. The van der Waals surface area contributed by atoms with Gasteiger partial charge in [0, 0.05) is 13.0 Å². The highest BCUT2D eigenvalue weighted by Crippen LogP contribution is 2.22. The fraction of sp³-hybridized carbons (Fsp3) is 0.889. The van der Waals surface area contributed by atoms with E-state index in [1.54, 1.807) is 6.92 Å². The van der Waals surface area contributed by atoms with Gasteiger partial charge in [0.05, 0.1) is 6.04 Å². The number of rotatable bonds is 2. The minimum atomic E-state index is -2.39. The van der Waals surface area contributed by atoms with Crippen molar-refractivity contribution < 1.29 is 13.6 Å². The second-order valence-corrected chi connectivity index (χ2v) is 3.34. The summed E-state index contributed by atoms with van der Waals surface area (Å²) >= 11 is 0. The lowest BCUT2D eigenvalue weighted by molar-refractivity contribution is -0.138. The lowest BCUT2D eigenvalue weighted by Gasteiger charge is -2.35. The highest BCUT2D eigenvalue weighted by atomic mass is 19.3. The monoisotopic (exact) mass is 191 g/mol. The van der Waals surface area contributed by atoms with E-state index < -0.39 is 12.5 Å². The van der Waals surface area contributed by atoms with Gasteiger partial charge in [-0.2, -0.15) is 0 Å². The molecule has 0 N–H and O–H groups in total. The van der Waals surface area contributed by atoms with E-state index in [0.717, 1.165) is 12.8 Å². The largest absolute Gasteiger partial charge is 0.334 e. The quantitative estimate of drug-likeness (QED) is 0.654. The smallest absolute Gasteiger partial charge is 0.258 e. The third kappa shape index (κ3) is 2.39. The van der Waals surface area contributed by atoms with Gasteiger partial charge < -0.3 is 4.90 Å². The van der Waals surface area contributed by atoms with Gasteiger partial charge >= 0.3 is 0 Å². The van der Waals surface area contributed by atoms with Crippen LogP contribution in [0.1, 0.15) is 32.6 Å². The molecule has 13 heavy (non-hydrogen) atoms. The predicted molar refractivity (Wildman–Crippen MR) is 45.6 cm³/mol. The van der Waals surface area contributed by atoms with Crippen LogP contribution in [0.4, 0.5) is 8.78 Å². The Bertz CT molecular complexity index is 184. The Morgan fingerprint density at radius 3 is 2.77 bits per heavy atom. The van der Waals surface area contributed by atoms with E-state index in [9.17, 15) is 13.6 Å². The molecule has 0 spiro atoms. The zero-order valence-corrected chi connectivity index (χ0v) is 7.80. The molecule has 0 aliphatic carbocycles. The number of halogens is 2. The molecule has 0 aromatic carbocycles. The molecule has 0 aromatic heterocycles. The van der Waals surface area contributed by atoms with Gasteiger partial charge in [0.15, 0.2) is 0 Å². The molecule has 1 heterocycles. The summed E-state index contributed by atoms with van der Waals surface area (Å²) in [5.74, 6) is -0.148. The van der Waals surface area contributed by atoms with Crippen molar-refractivity contribution in [2.75, 3.05) is 6.54 Å². The van der Waals surface area contributed by atoms with Crippen LogP contribution in [0.15, 0.2) is 0 Å². The molecule has 1 aliphatic rings. The standard InChI is InChI=1S/C9H15F2NO/c1-2-8(13)12-6-4-3-5-7(12)9(10)11/h7,9H,2-6H2,1H3. The maximum Gasteiger partial charge on any atom is 0.258 e. The Kier molecular flexibility index (Phi) is 3.63. The minimum Gasteiger partial charge on any atom is -0.334 e. The van der Waals surface area contributed by atoms with Crippen LogP contribution in [-0.4, -0.2) is 29.8 Å². The number of piperidine rings is 1. The third-order valence-electron chi connectivity index (χ3n) is 2.46. The van der Waals surface area contributed by atoms with Crippen LogP contribution >= 0.6 is 0 Å². The molecule has 1 rings (SSSR count). The van der Waals surface area contributed by atoms with E-state index in [-0.39, 0.29) is 5.91 Å². The summed E-state index contributed by atoms with van der Waals surface area (Å²) in [6.07, 6.45) is 0.0418. The molecule has 1 unspecified atom stereocenters. The zero-order valence-electron chi connectivity index (χ0n) is 7.80. The molecular weight excluding hydrogens is 176 g/mol. The molecule has 1 aliphatic heterocycles. The average Bonchev–Trinajstić information content (AvgIpc) is 2.16. The van der Waals surface area contributed by atoms with Gasteiger partial charge in [0.25, 0.3) is 6.43 Å². The highest BCUT2D eigenvalue weighted by Gasteiger charge is 2.32. The first kappa shape index (κ1) is 10.4. The van der Waals surface area contributed by atoms with Crippen molar-refractivity contribution in [1.82, 2.24) is 4.90 Å². The van der Waals surface area contributed by atoms with Gasteiger partial charge in [-0.25, -0.2) is 8.78 Å². The van der Waals surface area contributed by atoms with E-state index in [2.05, 4.69) is 0 Å².